The van der Waals surface area contributed by atoms with Crippen LogP contribution in [0.1, 0.15) is 23.2 Å². The van der Waals surface area contributed by atoms with Crippen molar-refractivity contribution < 1.29 is 24.4 Å². The summed E-state index contributed by atoms with van der Waals surface area (Å²) in [5, 5.41) is 23.1. The van der Waals surface area contributed by atoms with Crippen molar-refractivity contribution in [2.45, 2.75) is 18.9 Å². The van der Waals surface area contributed by atoms with Crippen LogP contribution in [0.4, 0.5) is 11.4 Å². The number of benzene rings is 1. The Kier molecular flexibility index (Phi) is 4.84. The molecule has 1 amide bonds. The van der Waals surface area contributed by atoms with Gasteiger partial charge in [0.1, 0.15) is 5.69 Å². The number of ether oxygens (including phenoxy) is 1. The summed E-state index contributed by atoms with van der Waals surface area (Å²) in [5.41, 5.74) is 0.406. The zero-order valence-electron chi connectivity index (χ0n) is 13.5. The standard InChI is InChI=1S/C16H19N3O6/c20-15(17-11-8-10(9-11)16(21)22)12-2-1-3-13(19(23)24)14(12)18-4-6-25-7-5-18/h1-3,10-11H,4-9H2,(H,17,20)(H,21,22). The summed E-state index contributed by atoms with van der Waals surface area (Å²) in [7, 11) is 0. The van der Waals surface area contributed by atoms with E-state index in [1.807, 2.05) is 0 Å². The number of carboxylic acids is 1. The molecule has 0 radical (unpaired) electrons. The number of amides is 1. The number of nitro groups is 1. The second-order valence-corrected chi connectivity index (χ2v) is 6.21. The van der Waals surface area contributed by atoms with Gasteiger partial charge in [-0.1, -0.05) is 6.07 Å². The lowest BCUT2D eigenvalue weighted by atomic mass is 9.80. The van der Waals surface area contributed by atoms with Crippen LogP contribution >= 0.6 is 0 Å². The average Bonchev–Trinajstić information content (AvgIpc) is 2.57. The summed E-state index contributed by atoms with van der Waals surface area (Å²) in [5.74, 6) is -1.72. The van der Waals surface area contributed by atoms with Crippen LogP contribution < -0.4 is 10.2 Å². The third kappa shape index (κ3) is 3.55. The van der Waals surface area contributed by atoms with Gasteiger partial charge in [0.2, 0.25) is 0 Å². The van der Waals surface area contributed by atoms with E-state index in [0.717, 1.165) is 0 Å². The molecule has 0 spiro atoms. The minimum Gasteiger partial charge on any atom is -0.481 e. The van der Waals surface area contributed by atoms with Gasteiger partial charge in [0.15, 0.2) is 0 Å². The van der Waals surface area contributed by atoms with Crippen molar-refractivity contribution in [2.75, 3.05) is 31.2 Å². The van der Waals surface area contributed by atoms with E-state index in [0.29, 0.717) is 44.8 Å². The number of nitrogens with one attached hydrogen (secondary N) is 1. The first-order valence-electron chi connectivity index (χ1n) is 8.11. The third-order valence-corrected chi connectivity index (χ3v) is 4.61. The Bertz CT molecular complexity index is 695. The number of rotatable bonds is 5. The summed E-state index contributed by atoms with van der Waals surface area (Å²) in [6.45, 7) is 1.82. The number of aliphatic carboxylic acids is 1. The lowest BCUT2D eigenvalue weighted by molar-refractivity contribution is -0.384. The van der Waals surface area contributed by atoms with Gasteiger partial charge < -0.3 is 20.1 Å². The summed E-state index contributed by atoms with van der Waals surface area (Å²) >= 11 is 0. The van der Waals surface area contributed by atoms with Crippen LogP contribution in [-0.2, 0) is 9.53 Å². The van der Waals surface area contributed by atoms with Crippen molar-refractivity contribution in [1.82, 2.24) is 5.32 Å². The fourth-order valence-corrected chi connectivity index (χ4v) is 3.18. The molecule has 0 unspecified atom stereocenters. The van der Waals surface area contributed by atoms with E-state index >= 15 is 0 Å². The molecule has 1 heterocycles. The Balaban J connectivity index is 1.82. The minimum absolute atomic E-state index is 0.119. The quantitative estimate of drug-likeness (QED) is 0.601. The number of hydrogen-bond acceptors (Lipinski definition) is 6. The number of nitrogens with zero attached hydrogens (tertiary/aromatic N) is 2. The molecular formula is C16H19N3O6. The molecule has 1 aliphatic heterocycles. The summed E-state index contributed by atoms with van der Waals surface area (Å²) in [6, 6.07) is 4.20. The Morgan fingerprint density at radius 1 is 1.28 bits per heavy atom. The van der Waals surface area contributed by atoms with Gasteiger partial charge in [-0.15, -0.1) is 0 Å². The van der Waals surface area contributed by atoms with E-state index in [4.69, 9.17) is 9.84 Å². The predicted molar refractivity (Wildman–Crippen MR) is 87.7 cm³/mol. The van der Waals surface area contributed by atoms with Crippen molar-refractivity contribution in [2.24, 2.45) is 5.92 Å². The molecule has 0 atom stereocenters. The van der Waals surface area contributed by atoms with Crippen LogP contribution in [0.3, 0.4) is 0 Å². The van der Waals surface area contributed by atoms with Crippen molar-refractivity contribution in [3.05, 3.63) is 33.9 Å². The Morgan fingerprint density at radius 3 is 2.56 bits per heavy atom. The number of carbonyl (C=O) groups excluding carboxylic acids is 1. The zero-order valence-corrected chi connectivity index (χ0v) is 13.5. The second-order valence-electron chi connectivity index (χ2n) is 6.21. The number of carbonyl (C=O) groups is 2. The summed E-state index contributed by atoms with van der Waals surface area (Å²) in [4.78, 5) is 36.2. The van der Waals surface area contributed by atoms with E-state index in [-0.39, 0.29) is 17.3 Å². The molecule has 1 aromatic carbocycles. The van der Waals surface area contributed by atoms with E-state index in [9.17, 15) is 19.7 Å². The highest BCUT2D eigenvalue weighted by molar-refractivity contribution is 6.02. The second kappa shape index (κ2) is 7.06. The number of anilines is 1. The first kappa shape index (κ1) is 17.2. The molecule has 0 bridgehead atoms. The number of nitro benzene ring substituents is 1. The Hall–Kier alpha value is -2.68. The molecule has 9 nitrogen and oxygen atoms in total. The monoisotopic (exact) mass is 349 g/mol. The molecule has 2 N–H and O–H groups in total. The highest BCUT2D eigenvalue weighted by atomic mass is 16.6. The van der Waals surface area contributed by atoms with Gasteiger partial charge >= 0.3 is 5.97 Å². The zero-order chi connectivity index (χ0) is 18.0. The van der Waals surface area contributed by atoms with Crippen LogP contribution in [0.2, 0.25) is 0 Å². The molecule has 2 aliphatic rings. The van der Waals surface area contributed by atoms with Gasteiger partial charge in [0.25, 0.3) is 11.6 Å². The molecule has 2 fully saturated rings. The fourth-order valence-electron chi connectivity index (χ4n) is 3.18. The van der Waals surface area contributed by atoms with E-state index in [1.54, 1.807) is 11.0 Å². The van der Waals surface area contributed by atoms with E-state index < -0.39 is 22.7 Å². The minimum atomic E-state index is -0.866. The van der Waals surface area contributed by atoms with Gasteiger partial charge in [0, 0.05) is 25.2 Å². The maximum Gasteiger partial charge on any atom is 0.306 e. The number of hydrogen-bond donors (Lipinski definition) is 2. The van der Waals surface area contributed by atoms with E-state index in [1.165, 1.54) is 12.1 Å². The molecule has 9 heteroatoms. The predicted octanol–water partition coefficient (Wildman–Crippen LogP) is 1.02. The van der Waals surface area contributed by atoms with Crippen molar-refractivity contribution in [1.29, 1.82) is 0 Å². The van der Waals surface area contributed by atoms with Crippen molar-refractivity contribution >= 4 is 23.3 Å². The molecule has 0 aromatic heterocycles. The van der Waals surface area contributed by atoms with Crippen LogP contribution in [0.15, 0.2) is 18.2 Å². The highest BCUT2D eigenvalue weighted by Crippen LogP contribution is 2.34. The van der Waals surface area contributed by atoms with E-state index in [2.05, 4.69) is 5.32 Å². The average molecular weight is 349 g/mol. The number of para-hydroxylation sites is 1. The molecule has 1 aliphatic carbocycles. The molecule has 1 saturated carbocycles. The van der Waals surface area contributed by atoms with Crippen LogP contribution in [-0.4, -0.2) is 54.3 Å². The fraction of sp³-hybridized carbons (Fsp3) is 0.500. The largest absolute Gasteiger partial charge is 0.481 e. The van der Waals surface area contributed by atoms with Crippen LogP contribution in [0, 0.1) is 16.0 Å². The van der Waals surface area contributed by atoms with Gasteiger partial charge in [-0.25, -0.2) is 0 Å². The topological polar surface area (TPSA) is 122 Å². The summed E-state index contributed by atoms with van der Waals surface area (Å²) < 4.78 is 5.28. The first-order valence-corrected chi connectivity index (χ1v) is 8.11. The molecule has 134 valence electrons. The van der Waals surface area contributed by atoms with Gasteiger partial charge in [-0.05, 0) is 18.9 Å². The Morgan fingerprint density at radius 2 is 1.96 bits per heavy atom. The maximum absolute atomic E-state index is 12.6. The SMILES string of the molecule is O=C(NC1CC(C(=O)O)C1)c1cccc([N+](=O)[O-])c1N1CCOCC1. The van der Waals surface area contributed by atoms with Crippen LogP contribution in [0.25, 0.3) is 0 Å². The lowest BCUT2D eigenvalue weighted by Crippen LogP contribution is -2.47. The molecule has 3 rings (SSSR count). The van der Waals surface area contributed by atoms with Crippen molar-refractivity contribution in [3.63, 3.8) is 0 Å². The number of morpholine rings is 1. The van der Waals surface area contributed by atoms with Gasteiger partial charge in [0.05, 0.1) is 29.6 Å². The maximum atomic E-state index is 12.6. The number of carboxylic acid groups (broad SMARTS) is 1. The lowest BCUT2D eigenvalue weighted by Gasteiger charge is -2.34. The summed E-state index contributed by atoms with van der Waals surface area (Å²) in [6.07, 6.45) is 0.756. The third-order valence-electron chi connectivity index (χ3n) is 4.61. The molecule has 1 aromatic rings. The Labute approximate surface area is 143 Å². The highest BCUT2D eigenvalue weighted by Gasteiger charge is 2.36. The molecular weight excluding hydrogens is 330 g/mol. The first-order chi connectivity index (χ1) is 12.0. The van der Waals surface area contributed by atoms with Crippen molar-refractivity contribution in [3.8, 4) is 0 Å². The normalized spacial score (nSPS) is 22.8. The smallest absolute Gasteiger partial charge is 0.306 e. The van der Waals surface area contributed by atoms with Gasteiger partial charge in [-0.3, -0.25) is 19.7 Å². The van der Waals surface area contributed by atoms with Gasteiger partial charge in [-0.2, -0.15) is 0 Å². The molecule has 25 heavy (non-hydrogen) atoms. The molecule has 1 saturated heterocycles. The van der Waals surface area contributed by atoms with Crippen LogP contribution in [0.5, 0.6) is 0 Å².